The summed E-state index contributed by atoms with van der Waals surface area (Å²) in [6.07, 6.45) is 1.65. The van der Waals surface area contributed by atoms with Gasteiger partial charge in [-0.3, -0.25) is 19.8 Å². The van der Waals surface area contributed by atoms with Gasteiger partial charge < -0.3 is 14.2 Å². The van der Waals surface area contributed by atoms with E-state index in [4.69, 9.17) is 4.42 Å². The van der Waals surface area contributed by atoms with Crippen LogP contribution in [0.15, 0.2) is 59.2 Å². The lowest BCUT2D eigenvalue weighted by Gasteiger charge is -2.36. The lowest BCUT2D eigenvalue weighted by Crippen LogP contribution is -2.51. The largest absolute Gasteiger partial charge is 0.468 e. The number of hydrogen-bond donors (Lipinski definition) is 0. The van der Waals surface area contributed by atoms with E-state index in [0.717, 1.165) is 5.76 Å². The van der Waals surface area contributed by atoms with Crippen LogP contribution in [0.5, 0.6) is 0 Å². The molecule has 0 bridgehead atoms. The van der Waals surface area contributed by atoms with Crippen LogP contribution in [0, 0.1) is 17.0 Å². The normalized spacial score (nSPS) is 14.2. The zero-order valence-electron chi connectivity index (χ0n) is 18.0. The van der Waals surface area contributed by atoms with Crippen LogP contribution in [0.25, 0.3) is 0 Å². The van der Waals surface area contributed by atoms with E-state index in [2.05, 4.69) is 24.0 Å². The monoisotopic (exact) mass is 454 g/mol. The molecule has 168 valence electrons. The van der Waals surface area contributed by atoms with Gasteiger partial charge >= 0.3 is 0 Å². The molecule has 0 N–H and O–H groups in total. The first kappa shape index (κ1) is 22.0. The fraction of sp³-hybridized carbons (Fsp3) is 0.348. The molecule has 0 unspecified atom stereocenters. The number of anilines is 1. The minimum atomic E-state index is -0.355. The molecule has 1 saturated heterocycles. The molecule has 3 aromatic rings. The summed E-state index contributed by atoms with van der Waals surface area (Å²) in [7, 11) is 0. The number of amides is 1. The van der Waals surface area contributed by atoms with Crippen molar-refractivity contribution in [3.8, 4) is 0 Å². The lowest BCUT2D eigenvalue weighted by atomic mass is 10.2. The minimum Gasteiger partial charge on any atom is -0.468 e. The van der Waals surface area contributed by atoms with Crippen LogP contribution in [-0.2, 0) is 17.9 Å². The Morgan fingerprint density at radius 2 is 1.88 bits per heavy atom. The summed E-state index contributed by atoms with van der Waals surface area (Å²) in [5.74, 6) is 0.888. The van der Waals surface area contributed by atoms with Crippen molar-refractivity contribution in [2.75, 3.05) is 37.6 Å². The number of hydrogen-bond acceptors (Lipinski definition) is 7. The molecule has 1 aliphatic rings. The Kier molecular flexibility index (Phi) is 6.87. The summed E-state index contributed by atoms with van der Waals surface area (Å²) >= 11 is 1.73. The van der Waals surface area contributed by atoms with Crippen LogP contribution < -0.4 is 4.90 Å². The van der Waals surface area contributed by atoms with Gasteiger partial charge in [0.05, 0.1) is 24.3 Å². The fourth-order valence-corrected chi connectivity index (χ4v) is 4.89. The van der Waals surface area contributed by atoms with E-state index >= 15 is 0 Å². The number of nitro groups is 1. The molecule has 9 heteroatoms. The molecule has 1 aliphatic heterocycles. The summed E-state index contributed by atoms with van der Waals surface area (Å²) in [6.45, 7) is 5.83. The Balaban J connectivity index is 1.38. The van der Waals surface area contributed by atoms with Gasteiger partial charge in [-0.2, -0.15) is 0 Å². The van der Waals surface area contributed by atoms with Gasteiger partial charge in [-0.1, -0.05) is 12.1 Å². The number of rotatable bonds is 8. The third kappa shape index (κ3) is 5.35. The van der Waals surface area contributed by atoms with Gasteiger partial charge in [-0.05, 0) is 37.3 Å². The second kappa shape index (κ2) is 9.97. The molecule has 0 saturated carbocycles. The quantitative estimate of drug-likeness (QED) is 0.379. The SMILES string of the molecule is Cc1ccc(CN(CC(=O)N2CCN(c3ccccc3[N+](=O)[O-])CC2)Cc2ccco2)s1. The number of furan rings is 1. The van der Waals surface area contributed by atoms with Crippen LogP contribution in [0.1, 0.15) is 15.5 Å². The third-order valence-electron chi connectivity index (χ3n) is 5.55. The first-order valence-corrected chi connectivity index (χ1v) is 11.4. The number of piperazine rings is 1. The summed E-state index contributed by atoms with van der Waals surface area (Å²) in [5, 5.41) is 11.3. The van der Waals surface area contributed by atoms with Crippen molar-refractivity contribution in [1.82, 2.24) is 9.80 Å². The topological polar surface area (TPSA) is 83.1 Å². The van der Waals surface area contributed by atoms with Crippen LogP contribution in [0.3, 0.4) is 0 Å². The van der Waals surface area contributed by atoms with Gasteiger partial charge in [0.25, 0.3) is 5.69 Å². The summed E-state index contributed by atoms with van der Waals surface area (Å²) < 4.78 is 5.50. The Labute approximate surface area is 190 Å². The van der Waals surface area contributed by atoms with E-state index < -0.39 is 0 Å². The maximum Gasteiger partial charge on any atom is 0.292 e. The van der Waals surface area contributed by atoms with Crippen molar-refractivity contribution in [1.29, 1.82) is 0 Å². The smallest absolute Gasteiger partial charge is 0.292 e. The van der Waals surface area contributed by atoms with Crippen molar-refractivity contribution in [3.63, 3.8) is 0 Å². The molecule has 1 aromatic carbocycles. The number of para-hydroxylation sites is 2. The average Bonchev–Trinajstić information content (AvgIpc) is 3.45. The number of thiophene rings is 1. The molecule has 8 nitrogen and oxygen atoms in total. The zero-order valence-corrected chi connectivity index (χ0v) is 18.8. The lowest BCUT2D eigenvalue weighted by molar-refractivity contribution is -0.384. The number of carbonyl (C=O) groups is 1. The van der Waals surface area contributed by atoms with E-state index in [-0.39, 0.29) is 16.5 Å². The Bertz CT molecular complexity index is 1060. The predicted molar refractivity (Wildman–Crippen MR) is 124 cm³/mol. The Morgan fingerprint density at radius 1 is 1.09 bits per heavy atom. The van der Waals surface area contributed by atoms with E-state index in [1.807, 2.05) is 21.9 Å². The fourth-order valence-electron chi connectivity index (χ4n) is 3.96. The van der Waals surface area contributed by atoms with Gasteiger partial charge in [0, 0.05) is 48.5 Å². The van der Waals surface area contributed by atoms with E-state index in [1.165, 1.54) is 15.8 Å². The van der Waals surface area contributed by atoms with Gasteiger partial charge in [0.15, 0.2) is 0 Å². The molecule has 32 heavy (non-hydrogen) atoms. The number of aryl methyl sites for hydroxylation is 1. The van der Waals surface area contributed by atoms with Crippen LogP contribution in [-0.4, -0.2) is 53.4 Å². The zero-order chi connectivity index (χ0) is 22.5. The molecule has 0 aliphatic carbocycles. The van der Waals surface area contributed by atoms with Gasteiger partial charge in [-0.25, -0.2) is 0 Å². The average molecular weight is 455 g/mol. The molecule has 0 spiro atoms. The maximum absolute atomic E-state index is 13.1. The number of nitrogens with zero attached hydrogens (tertiary/aromatic N) is 4. The van der Waals surface area contributed by atoms with Crippen molar-refractivity contribution < 1.29 is 14.1 Å². The molecule has 0 radical (unpaired) electrons. The van der Waals surface area contributed by atoms with E-state index in [0.29, 0.717) is 51.5 Å². The van der Waals surface area contributed by atoms with Gasteiger partial charge in [0.1, 0.15) is 11.4 Å². The van der Waals surface area contributed by atoms with Crippen molar-refractivity contribution in [3.05, 3.63) is 80.4 Å². The second-order valence-corrected chi connectivity index (χ2v) is 9.22. The first-order chi connectivity index (χ1) is 15.5. The summed E-state index contributed by atoms with van der Waals surface area (Å²) in [6, 6.07) is 14.7. The van der Waals surface area contributed by atoms with Crippen LogP contribution in [0.2, 0.25) is 0 Å². The van der Waals surface area contributed by atoms with Crippen molar-refractivity contribution in [2.24, 2.45) is 0 Å². The standard InChI is InChI=1S/C23H26N4O4S/c1-18-8-9-20(32-18)16-24(15-19-5-4-14-31-19)17-23(28)26-12-10-25(11-13-26)21-6-2-3-7-22(21)27(29)30/h2-9,14H,10-13,15-17H2,1H3. The maximum atomic E-state index is 13.1. The molecular formula is C23H26N4O4S. The predicted octanol–water partition coefficient (Wildman–Crippen LogP) is 3.91. The molecule has 1 fully saturated rings. The third-order valence-corrected chi connectivity index (χ3v) is 6.53. The molecule has 2 aromatic heterocycles. The van der Waals surface area contributed by atoms with E-state index in [9.17, 15) is 14.9 Å². The molecule has 1 amide bonds. The van der Waals surface area contributed by atoms with Crippen LogP contribution >= 0.6 is 11.3 Å². The summed E-state index contributed by atoms with van der Waals surface area (Å²) in [5.41, 5.74) is 0.709. The number of nitro benzene ring substituents is 1. The second-order valence-electron chi connectivity index (χ2n) is 7.85. The highest BCUT2D eigenvalue weighted by atomic mass is 32.1. The van der Waals surface area contributed by atoms with Gasteiger partial charge in [-0.15, -0.1) is 11.3 Å². The van der Waals surface area contributed by atoms with Gasteiger partial charge in [0.2, 0.25) is 5.91 Å². The first-order valence-electron chi connectivity index (χ1n) is 10.6. The molecule has 3 heterocycles. The molecular weight excluding hydrogens is 428 g/mol. The highest BCUT2D eigenvalue weighted by molar-refractivity contribution is 7.11. The van der Waals surface area contributed by atoms with Crippen molar-refractivity contribution in [2.45, 2.75) is 20.0 Å². The minimum absolute atomic E-state index is 0.0621. The highest BCUT2D eigenvalue weighted by Gasteiger charge is 2.26. The number of benzene rings is 1. The molecule has 4 rings (SSSR count). The highest BCUT2D eigenvalue weighted by Crippen LogP contribution is 2.28. The van der Waals surface area contributed by atoms with Crippen LogP contribution in [0.4, 0.5) is 11.4 Å². The molecule has 0 atom stereocenters. The Hall–Kier alpha value is -3.17. The summed E-state index contributed by atoms with van der Waals surface area (Å²) in [4.78, 5) is 32.5. The van der Waals surface area contributed by atoms with Crippen molar-refractivity contribution >= 4 is 28.6 Å². The van der Waals surface area contributed by atoms with E-state index in [1.54, 1.807) is 35.8 Å². The number of carbonyl (C=O) groups excluding carboxylic acids is 1. The Morgan fingerprint density at radius 3 is 2.53 bits per heavy atom.